The normalized spacial score (nSPS) is 13.3. The average Bonchev–Trinajstić information content (AvgIpc) is 2.49. The van der Waals surface area contributed by atoms with Crippen molar-refractivity contribution >= 4 is 16.7 Å². The summed E-state index contributed by atoms with van der Waals surface area (Å²) in [6, 6.07) is 15.9. The van der Waals surface area contributed by atoms with E-state index in [9.17, 15) is 14.1 Å². The number of carbonyl (C=O) groups is 1. The van der Waals surface area contributed by atoms with Crippen molar-refractivity contribution in [2.24, 2.45) is 0 Å². The molecule has 2 aromatic rings. The maximum atomic E-state index is 12.2. The summed E-state index contributed by atoms with van der Waals surface area (Å²) in [6.45, 7) is 0. The molecule has 0 aliphatic heterocycles. The lowest BCUT2D eigenvalue weighted by Gasteiger charge is -2.18. The molecule has 0 fully saturated rings. The minimum absolute atomic E-state index is 0.0896. The molecular weight excluding hydrogens is 298 g/mol. The molecule has 2 aromatic carbocycles. The van der Waals surface area contributed by atoms with Gasteiger partial charge in [0.05, 0.1) is 12.5 Å². The summed E-state index contributed by atoms with van der Waals surface area (Å²) < 4.78 is 11.5. The van der Waals surface area contributed by atoms with Gasteiger partial charge in [-0.3, -0.25) is 9.00 Å². The van der Waals surface area contributed by atoms with Crippen molar-refractivity contribution in [3.05, 3.63) is 65.7 Å². The molecule has 0 aliphatic rings. The Kier molecular flexibility index (Phi) is 5.72. The highest BCUT2D eigenvalue weighted by atomic mass is 32.2. The molecule has 0 aliphatic carbocycles. The Labute approximate surface area is 132 Å². The van der Waals surface area contributed by atoms with Gasteiger partial charge >= 0.3 is 0 Å². The van der Waals surface area contributed by atoms with Crippen LogP contribution in [0.5, 0.6) is 5.75 Å². The second-order valence-corrected chi connectivity index (χ2v) is 6.56. The van der Waals surface area contributed by atoms with E-state index in [0.29, 0.717) is 11.3 Å². The van der Waals surface area contributed by atoms with Crippen LogP contribution in [0.25, 0.3) is 0 Å². The average molecular weight is 317 g/mol. The fourth-order valence-corrected chi connectivity index (χ4v) is 2.97. The molecule has 2 atom stereocenters. The molecule has 5 heteroatoms. The first kappa shape index (κ1) is 16.2. The quantitative estimate of drug-likeness (QED) is 0.858. The van der Waals surface area contributed by atoms with Crippen LogP contribution in [0, 0.1) is 0 Å². The van der Waals surface area contributed by atoms with Crippen LogP contribution in [0.2, 0.25) is 0 Å². The first-order valence-corrected chi connectivity index (χ1v) is 8.70. The lowest BCUT2D eigenvalue weighted by molar-refractivity contribution is -0.121. The fraction of sp³-hybridized carbons (Fsp3) is 0.235. The highest BCUT2D eigenvalue weighted by molar-refractivity contribution is 7.84. The Balaban J connectivity index is 2.08. The molecule has 0 saturated heterocycles. The topological polar surface area (TPSA) is 66.4 Å². The number of nitrogens with one attached hydrogen (secondary N) is 1. The van der Waals surface area contributed by atoms with Crippen LogP contribution < -0.4 is 5.32 Å². The molecule has 1 amide bonds. The van der Waals surface area contributed by atoms with Crippen molar-refractivity contribution in [2.45, 2.75) is 12.5 Å². The summed E-state index contributed by atoms with van der Waals surface area (Å²) in [5.41, 5.74) is 1.49. The number of aromatic hydroxyl groups is 1. The van der Waals surface area contributed by atoms with E-state index in [4.69, 9.17) is 0 Å². The molecule has 0 aromatic heterocycles. The Morgan fingerprint density at radius 2 is 1.77 bits per heavy atom. The van der Waals surface area contributed by atoms with Gasteiger partial charge in [0, 0.05) is 28.4 Å². The van der Waals surface area contributed by atoms with Gasteiger partial charge in [0.2, 0.25) is 5.91 Å². The summed E-state index contributed by atoms with van der Waals surface area (Å²) in [7, 11) is -1.03. The van der Waals surface area contributed by atoms with Crippen molar-refractivity contribution < 1.29 is 14.1 Å². The van der Waals surface area contributed by atoms with Crippen LogP contribution >= 0.6 is 0 Å². The molecule has 0 spiro atoms. The van der Waals surface area contributed by atoms with E-state index in [1.54, 1.807) is 30.5 Å². The Morgan fingerprint density at radius 1 is 1.14 bits per heavy atom. The van der Waals surface area contributed by atoms with Gasteiger partial charge in [0.15, 0.2) is 0 Å². The molecule has 0 saturated carbocycles. The van der Waals surface area contributed by atoms with E-state index in [2.05, 4.69) is 5.32 Å². The molecule has 2 rings (SSSR count). The third kappa shape index (κ3) is 4.70. The first-order chi connectivity index (χ1) is 10.6. The van der Waals surface area contributed by atoms with E-state index in [1.165, 1.54) is 0 Å². The minimum Gasteiger partial charge on any atom is -0.508 e. The maximum absolute atomic E-state index is 12.2. The van der Waals surface area contributed by atoms with Crippen LogP contribution in [0.3, 0.4) is 0 Å². The fourth-order valence-electron chi connectivity index (χ4n) is 2.22. The number of phenolic OH excluding ortho intramolecular Hbond substituents is 1. The van der Waals surface area contributed by atoms with E-state index in [0.717, 1.165) is 5.56 Å². The first-order valence-electron chi connectivity index (χ1n) is 6.97. The maximum Gasteiger partial charge on any atom is 0.225 e. The predicted molar refractivity (Wildman–Crippen MR) is 88.1 cm³/mol. The van der Waals surface area contributed by atoms with Gasteiger partial charge in [-0.15, -0.1) is 0 Å². The van der Waals surface area contributed by atoms with E-state index in [1.807, 2.05) is 30.3 Å². The number of benzene rings is 2. The van der Waals surface area contributed by atoms with Crippen molar-refractivity contribution in [3.8, 4) is 5.75 Å². The summed E-state index contributed by atoms with van der Waals surface area (Å²) in [4.78, 5) is 12.2. The van der Waals surface area contributed by atoms with Gasteiger partial charge in [0.25, 0.3) is 0 Å². The zero-order valence-corrected chi connectivity index (χ0v) is 13.2. The summed E-state index contributed by atoms with van der Waals surface area (Å²) >= 11 is 0. The summed E-state index contributed by atoms with van der Waals surface area (Å²) in [5, 5.41) is 12.6. The smallest absolute Gasteiger partial charge is 0.225 e. The number of hydrogen-bond acceptors (Lipinski definition) is 3. The number of carbonyl (C=O) groups excluding carboxylic acids is 1. The minimum atomic E-state index is -1.03. The van der Waals surface area contributed by atoms with Crippen LogP contribution in [0.4, 0.5) is 0 Å². The molecule has 116 valence electrons. The van der Waals surface area contributed by atoms with Gasteiger partial charge in [0.1, 0.15) is 5.75 Å². The van der Waals surface area contributed by atoms with Gasteiger partial charge in [-0.2, -0.15) is 0 Å². The zero-order valence-electron chi connectivity index (χ0n) is 12.4. The van der Waals surface area contributed by atoms with Crippen LogP contribution in [-0.4, -0.2) is 27.2 Å². The van der Waals surface area contributed by atoms with Gasteiger partial charge < -0.3 is 10.4 Å². The lowest BCUT2D eigenvalue weighted by Crippen LogP contribution is -2.33. The largest absolute Gasteiger partial charge is 0.508 e. The van der Waals surface area contributed by atoms with Gasteiger partial charge in [-0.1, -0.05) is 48.5 Å². The van der Waals surface area contributed by atoms with E-state index >= 15 is 0 Å². The van der Waals surface area contributed by atoms with Crippen LogP contribution in [-0.2, 0) is 22.0 Å². The summed E-state index contributed by atoms with van der Waals surface area (Å²) in [6.07, 6.45) is 1.71. The molecule has 0 heterocycles. The van der Waals surface area contributed by atoms with Crippen molar-refractivity contribution in [2.75, 3.05) is 12.0 Å². The van der Waals surface area contributed by atoms with Crippen molar-refractivity contribution in [1.29, 1.82) is 0 Å². The molecule has 0 radical (unpaired) electrons. The molecular formula is C17H19NO3S. The third-order valence-electron chi connectivity index (χ3n) is 3.28. The third-order valence-corrected chi connectivity index (χ3v) is 4.08. The monoisotopic (exact) mass is 317 g/mol. The van der Waals surface area contributed by atoms with Crippen molar-refractivity contribution in [1.82, 2.24) is 5.32 Å². The Hall–Kier alpha value is -2.14. The second kappa shape index (κ2) is 7.75. The van der Waals surface area contributed by atoms with Crippen LogP contribution in [0.15, 0.2) is 54.6 Å². The highest BCUT2D eigenvalue weighted by Gasteiger charge is 2.17. The highest BCUT2D eigenvalue weighted by Crippen LogP contribution is 2.18. The number of para-hydroxylation sites is 1. The molecule has 0 unspecified atom stereocenters. The molecule has 0 bridgehead atoms. The number of hydrogen-bond donors (Lipinski definition) is 2. The molecule has 2 N–H and O–H groups in total. The zero-order chi connectivity index (χ0) is 15.9. The number of phenols is 1. The Morgan fingerprint density at radius 3 is 2.41 bits per heavy atom. The number of amides is 1. The van der Waals surface area contributed by atoms with E-state index < -0.39 is 10.8 Å². The van der Waals surface area contributed by atoms with Crippen LogP contribution in [0.1, 0.15) is 17.2 Å². The molecule has 22 heavy (non-hydrogen) atoms. The second-order valence-electron chi connectivity index (χ2n) is 5.08. The van der Waals surface area contributed by atoms with Crippen molar-refractivity contribution in [3.63, 3.8) is 0 Å². The Bertz CT molecular complexity index is 658. The SMILES string of the molecule is C[S@](=O)C[C@@H](NC(=O)Cc1ccccc1O)c1ccccc1. The standard InChI is InChI=1S/C17H19NO3S/c1-22(21)12-15(13-7-3-2-4-8-13)18-17(20)11-14-9-5-6-10-16(14)19/h2-10,15,19H,11-12H2,1H3,(H,18,20)/t15-,22+/m1/s1. The van der Waals surface area contributed by atoms with E-state index in [-0.39, 0.29) is 24.1 Å². The number of rotatable bonds is 6. The molecule has 4 nitrogen and oxygen atoms in total. The summed E-state index contributed by atoms with van der Waals surface area (Å²) in [5.74, 6) is 0.255. The van der Waals surface area contributed by atoms with Gasteiger partial charge in [-0.25, -0.2) is 0 Å². The lowest BCUT2D eigenvalue weighted by atomic mass is 10.1. The van der Waals surface area contributed by atoms with Gasteiger partial charge in [-0.05, 0) is 11.6 Å². The predicted octanol–water partition coefficient (Wildman–Crippen LogP) is 2.17.